The van der Waals surface area contributed by atoms with Gasteiger partial charge in [-0.2, -0.15) is 0 Å². The van der Waals surface area contributed by atoms with E-state index in [9.17, 15) is 18.0 Å². The quantitative estimate of drug-likeness (QED) is 0.814. The first-order valence-electron chi connectivity index (χ1n) is 7.39. The Morgan fingerprint density at radius 2 is 2.09 bits per heavy atom. The number of carbonyl (C=O) groups excluding carboxylic acids is 1. The third-order valence-electron chi connectivity index (χ3n) is 4.35. The minimum atomic E-state index is -3.33. The second-order valence-electron chi connectivity index (χ2n) is 6.27. The Morgan fingerprint density at radius 3 is 2.65 bits per heavy atom. The lowest BCUT2D eigenvalue weighted by atomic mass is 9.99. The molecule has 2 aliphatic rings. The van der Waals surface area contributed by atoms with E-state index < -0.39 is 15.6 Å². The molecule has 1 aliphatic heterocycles. The van der Waals surface area contributed by atoms with Crippen molar-refractivity contribution in [2.45, 2.75) is 18.9 Å². The van der Waals surface area contributed by atoms with Gasteiger partial charge in [0.25, 0.3) is 11.5 Å². The maximum atomic E-state index is 12.6. The number of amides is 1. The minimum Gasteiger partial charge on any atom is -0.337 e. The molecule has 1 aliphatic carbocycles. The summed E-state index contributed by atoms with van der Waals surface area (Å²) in [6.45, 7) is 0.831. The van der Waals surface area contributed by atoms with Gasteiger partial charge < -0.3 is 9.88 Å². The third-order valence-corrected chi connectivity index (χ3v) is 5.36. The molecule has 1 amide bonds. The number of nitrogens with one attached hydrogen (secondary N) is 2. The molecule has 0 aromatic carbocycles. The molecular formula is C14H18ClN3O4S. The number of sulfonamides is 1. The number of rotatable bonds is 4. The predicted octanol–water partition coefficient (Wildman–Crippen LogP) is 0.428. The van der Waals surface area contributed by atoms with Crippen LogP contribution in [0.3, 0.4) is 0 Å². The van der Waals surface area contributed by atoms with E-state index in [2.05, 4.69) is 9.71 Å². The van der Waals surface area contributed by atoms with Crippen LogP contribution in [0.25, 0.3) is 0 Å². The number of likely N-dealkylation sites (tertiary alicyclic amines) is 1. The minimum absolute atomic E-state index is 0.0420. The normalized spacial score (nSPS) is 24.9. The van der Waals surface area contributed by atoms with Crippen molar-refractivity contribution < 1.29 is 13.2 Å². The summed E-state index contributed by atoms with van der Waals surface area (Å²) in [5.41, 5.74) is -0.152. The number of hydrogen-bond acceptors (Lipinski definition) is 4. The monoisotopic (exact) mass is 359 g/mol. The van der Waals surface area contributed by atoms with Crippen molar-refractivity contribution in [1.29, 1.82) is 0 Å². The van der Waals surface area contributed by atoms with Crippen molar-refractivity contribution in [3.63, 3.8) is 0 Å². The number of carbonyl (C=O) groups is 1. The van der Waals surface area contributed by atoms with Crippen molar-refractivity contribution in [2.24, 2.45) is 11.8 Å². The second-order valence-corrected chi connectivity index (χ2v) is 8.46. The molecule has 1 aromatic rings. The fourth-order valence-corrected chi connectivity index (χ4v) is 4.13. The number of halogens is 1. The van der Waals surface area contributed by atoms with E-state index in [1.807, 2.05) is 0 Å². The molecule has 2 heterocycles. The summed E-state index contributed by atoms with van der Waals surface area (Å²) in [4.78, 5) is 27.9. The molecular weight excluding hydrogens is 342 g/mol. The zero-order chi connectivity index (χ0) is 16.8. The highest BCUT2D eigenvalue weighted by atomic mass is 35.5. The largest absolute Gasteiger partial charge is 0.337 e. The zero-order valence-corrected chi connectivity index (χ0v) is 14.2. The highest BCUT2D eigenvalue weighted by Gasteiger charge is 2.44. The van der Waals surface area contributed by atoms with Crippen LogP contribution in [0.2, 0.25) is 5.02 Å². The molecule has 1 saturated heterocycles. The molecule has 9 heteroatoms. The highest BCUT2D eigenvalue weighted by Crippen LogP contribution is 2.41. The average molecular weight is 360 g/mol. The number of aromatic nitrogens is 1. The summed E-state index contributed by atoms with van der Waals surface area (Å²) in [7, 11) is -3.33. The molecule has 126 valence electrons. The van der Waals surface area contributed by atoms with Crippen molar-refractivity contribution in [1.82, 2.24) is 14.6 Å². The Balaban J connectivity index is 1.79. The van der Waals surface area contributed by atoms with Crippen LogP contribution in [0, 0.1) is 11.8 Å². The number of hydrogen-bond donors (Lipinski definition) is 2. The van der Waals surface area contributed by atoms with Crippen LogP contribution < -0.4 is 10.3 Å². The first kappa shape index (κ1) is 16.5. The van der Waals surface area contributed by atoms with Crippen molar-refractivity contribution in [3.8, 4) is 0 Å². The maximum absolute atomic E-state index is 12.6. The molecule has 1 saturated carbocycles. The lowest BCUT2D eigenvalue weighted by Gasteiger charge is -2.17. The zero-order valence-electron chi connectivity index (χ0n) is 12.6. The molecule has 2 fully saturated rings. The number of nitrogens with zero attached hydrogens (tertiary/aromatic N) is 1. The summed E-state index contributed by atoms with van der Waals surface area (Å²) in [6, 6.07) is 1.08. The van der Waals surface area contributed by atoms with E-state index in [1.165, 1.54) is 12.3 Å². The van der Waals surface area contributed by atoms with Gasteiger partial charge in [0.05, 0.1) is 11.8 Å². The van der Waals surface area contributed by atoms with Crippen molar-refractivity contribution in [2.75, 3.05) is 19.3 Å². The van der Waals surface area contributed by atoms with Gasteiger partial charge in [-0.25, -0.2) is 13.1 Å². The van der Waals surface area contributed by atoms with Gasteiger partial charge in [0, 0.05) is 25.3 Å². The Morgan fingerprint density at radius 1 is 1.39 bits per heavy atom. The van der Waals surface area contributed by atoms with Crippen LogP contribution in [-0.4, -0.2) is 49.6 Å². The van der Waals surface area contributed by atoms with Crippen LogP contribution in [0.5, 0.6) is 0 Å². The van der Waals surface area contributed by atoms with E-state index in [1.54, 1.807) is 4.90 Å². The highest BCUT2D eigenvalue weighted by molar-refractivity contribution is 7.88. The molecule has 0 spiro atoms. The van der Waals surface area contributed by atoms with Crippen LogP contribution in [-0.2, 0) is 10.0 Å². The number of aromatic amines is 1. The van der Waals surface area contributed by atoms with E-state index in [4.69, 9.17) is 11.6 Å². The van der Waals surface area contributed by atoms with Gasteiger partial charge in [-0.15, -0.1) is 0 Å². The van der Waals surface area contributed by atoms with E-state index in [0.717, 1.165) is 19.1 Å². The van der Waals surface area contributed by atoms with Gasteiger partial charge in [-0.3, -0.25) is 9.59 Å². The first-order valence-corrected chi connectivity index (χ1v) is 9.66. The van der Waals surface area contributed by atoms with Crippen LogP contribution in [0.4, 0.5) is 0 Å². The molecule has 3 rings (SSSR count). The van der Waals surface area contributed by atoms with Gasteiger partial charge >= 0.3 is 0 Å². The lowest BCUT2D eigenvalue weighted by Crippen LogP contribution is -2.41. The standard InChI is InChI=1S/C14H18ClN3O4S/c1-23(21,22)17-12-7-18(6-10(12)8-2-3-8)14(20)9-4-11(15)13(19)16-5-9/h4-5,8,10,12,17H,2-3,6-7H2,1H3,(H,16,19)/t10-,12+/m1/s1. The number of H-pyrrole nitrogens is 1. The summed E-state index contributed by atoms with van der Waals surface area (Å²) < 4.78 is 25.7. The van der Waals surface area contributed by atoms with Gasteiger partial charge in [0.15, 0.2) is 0 Å². The third kappa shape index (κ3) is 3.76. The summed E-state index contributed by atoms with van der Waals surface area (Å²) in [5.74, 6) is 0.338. The fourth-order valence-electron chi connectivity index (χ4n) is 3.16. The summed E-state index contributed by atoms with van der Waals surface area (Å²) in [5, 5.41) is -0.0420. The number of pyridine rings is 1. The molecule has 1 aromatic heterocycles. The van der Waals surface area contributed by atoms with Gasteiger partial charge in [-0.05, 0) is 30.7 Å². The first-order chi connectivity index (χ1) is 10.7. The van der Waals surface area contributed by atoms with Crippen molar-refractivity contribution >= 4 is 27.5 Å². The van der Waals surface area contributed by atoms with E-state index in [-0.39, 0.29) is 22.9 Å². The van der Waals surface area contributed by atoms with Crippen LogP contribution in [0.1, 0.15) is 23.2 Å². The topological polar surface area (TPSA) is 99.3 Å². The Kier molecular flexibility index (Phi) is 4.24. The van der Waals surface area contributed by atoms with Gasteiger partial charge in [0.1, 0.15) is 5.02 Å². The van der Waals surface area contributed by atoms with Crippen LogP contribution >= 0.6 is 11.6 Å². The molecule has 23 heavy (non-hydrogen) atoms. The van der Waals surface area contributed by atoms with Gasteiger partial charge in [0.2, 0.25) is 10.0 Å². The Labute approximate surface area is 139 Å². The SMILES string of the molecule is CS(=O)(=O)N[C@H]1CN(C(=O)c2c[nH]c(=O)c(Cl)c2)C[C@@H]1C1CC1. The smallest absolute Gasteiger partial charge is 0.266 e. The van der Waals surface area contributed by atoms with E-state index in [0.29, 0.717) is 24.6 Å². The van der Waals surface area contributed by atoms with Gasteiger partial charge in [-0.1, -0.05) is 11.6 Å². The predicted molar refractivity (Wildman–Crippen MR) is 86.0 cm³/mol. The Bertz CT molecular complexity index is 787. The molecule has 2 atom stereocenters. The molecule has 0 unspecified atom stereocenters. The average Bonchev–Trinajstić information content (AvgIpc) is 3.21. The molecule has 7 nitrogen and oxygen atoms in total. The summed E-state index contributed by atoms with van der Waals surface area (Å²) >= 11 is 5.76. The lowest BCUT2D eigenvalue weighted by molar-refractivity contribution is 0.0784. The van der Waals surface area contributed by atoms with Crippen LogP contribution in [0.15, 0.2) is 17.1 Å². The maximum Gasteiger partial charge on any atom is 0.266 e. The second kappa shape index (κ2) is 5.92. The fraction of sp³-hybridized carbons (Fsp3) is 0.571. The molecule has 0 radical (unpaired) electrons. The Hall–Kier alpha value is -1.38. The van der Waals surface area contributed by atoms with Crippen molar-refractivity contribution in [3.05, 3.63) is 33.2 Å². The molecule has 2 N–H and O–H groups in total. The summed E-state index contributed by atoms with van der Waals surface area (Å²) in [6.07, 6.45) is 4.60. The molecule has 0 bridgehead atoms. The van der Waals surface area contributed by atoms with E-state index >= 15 is 0 Å².